The van der Waals surface area contributed by atoms with Gasteiger partial charge in [0.2, 0.25) is 5.91 Å². The SMILES string of the molecule is COc1cccc(CC(=O)Nc2ccccc2N2CCCCC2)c1. The lowest BCUT2D eigenvalue weighted by atomic mass is 10.1. The predicted octanol–water partition coefficient (Wildman–Crippen LogP) is 3.87. The number of rotatable bonds is 5. The van der Waals surface area contributed by atoms with Gasteiger partial charge in [0.1, 0.15) is 5.75 Å². The van der Waals surface area contributed by atoms with Gasteiger partial charge in [-0.05, 0) is 49.1 Å². The number of hydrogen-bond donors (Lipinski definition) is 1. The molecular formula is C20H24N2O2. The van der Waals surface area contributed by atoms with Crippen molar-refractivity contribution in [2.24, 2.45) is 0 Å². The van der Waals surface area contributed by atoms with Gasteiger partial charge < -0.3 is 15.0 Å². The number of nitrogens with zero attached hydrogens (tertiary/aromatic N) is 1. The zero-order valence-electron chi connectivity index (χ0n) is 14.1. The van der Waals surface area contributed by atoms with Crippen LogP contribution in [0.4, 0.5) is 11.4 Å². The third kappa shape index (κ3) is 4.07. The smallest absolute Gasteiger partial charge is 0.228 e. The zero-order chi connectivity index (χ0) is 16.8. The molecular weight excluding hydrogens is 300 g/mol. The number of amides is 1. The molecule has 0 spiro atoms. The molecule has 0 bridgehead atoms. The molecule has 1 heterocycles. The van der Waals surface area contributed by atoms with E-state index in [0.717, 1.165) is 35.8 Å². The first-order valence-corrected chi connectivity index (χ1v) is 8.53. The van der Waals surface area contributed by atoms with Crippen LogP contribution in [-0.2, 0) is 11.2 Å². The quantitative estimate of drug-likeness (QED) is 0.908. The Morgan fingerprint density at radius 2 is 1.88 bits per heavy atom. The van der Waals surface area contributed by atoms with Gasteiger partial charge in [-0.1, -0.05) is 24.3 Å². The average Bonchev–Trinajstić information content (AvgIpc) is 2.63. The van der Waals surface area contributed by atoms with E-state index < -0.39 is 0 Å². The van der Waals surface area contributed by atoms with E-state index in [1.165, 1.54) is 19.3 Å². The van der Waals surface area contributed by atoms with Crippen molar-refractivity contribution in [2.45, 2.75) is 25.7 Å². The minimum absolute atomic E-state index is 0.00675. The Morgan fingerprint density at radius 1 is 1.08 bits per heavy atom. The monoisotopic (exact) mass is 324 g/mol. The zero-order valence-corrected chi connectivity index (χ0v) is 14.1. The Labute approximate surface area is 143 Å². The molecule has 126 valence electrons. The fraction of sp³-hybridized carbons (Fsp3) is 0.350. The highest BCUT2D eigenvalue weighted by Crippen LogP contribution is 2.28. The molecule has 3 rings (SSSR count). The lowest BCUT2D eigenvalue weighted by Crippen LogP contribution is -2.30. The Hall–Kier alpha value is -2.49. The van der Waals surface area contributed by atoms with Gasteiger partial charge >= 0.3 is 0 Å². The van der Waals surface area contributed by atoms with E-state index in [4.69, 9.17) is 4.74 Å². The van der Waals surface area contributed by atoms with Crippen LogP contribution in [0.15, 0.2) is 48.5 Å². The Kier molecular flexibility index (Phi) is 5.36. The number of carbonyl (C=O) groups excluding carboxylic acids is 1. The second-order valence-electron chi connectivity index (χ2n) is 6.14. The van der Waals surface area contributed by atoms with Crippen molar-refractivity contribution in [3.8, 4) is 5.75 Å². The number of nitrogens with one attached hydrogen (secondary N) is 1. The number of ether oxygens (including phenoxy) is 1. The normalized spacial score (nSPS) is 14.3. The molecule has 0 saturated carbocycles. The Balaban J connectivity index is 1.70. The highest BCUT2D eigenvalue weighted by molar-refractivity contribution is 5.95. The molecule has 1 fully saturated rings. The molecule has 1 N–H and O–H groups in total. The number of hydrogen-bond acceptors (Lipinski definition) is 3. The second-order valence-corrected chi connectivity index (χ2v) is 6.14. The van der Waals surface area contributed by atoms with Crippen LogP contribution in [0.25, 0.3) is 0 Å². The molecule has 0 unspecified atom stereocenters. The van der Waals surface area contributed by atoms with E-state index in [9.17, 15) is 4.79 Å². The van der Waals surface area contributed by atoms with Crippen LogP contribution in [-0.4, -0.2) is 26.1 Å². The first kappa shape index (κ1) is 16.4. The van der Waals surface area contributed by atoms with Crippen molar-refractivity contribution in [1.82, 2.24) is 0 Å². The van der Waals surface area contributed by atoms with Crippen molar-refractivity contribution >= 4 is 17.3 Å². The number of piperidine rings is 1. The molecule has 0 aliphatic carbocycles. The summed E-state index contributed by atoms with van der Waals surface area (Å²) in [6.45, 7) is 2.12. The molecule has 24 heavy (non-hydrogen) atoms. The van der Waals surface area contributed by atoms with Crippen LogP contribution in [0.5, 0.6) is 5.75 Å². The van der Waals surface area contributed by atoms with E-state index in [1.54, 1.807) is 7.11 Å². The standard InChI is InChI=1S/C20H24N2O2/c1-24-17-9-7-8-16(14-17)15-20(23)21-18-10-3-4-11-19(18)22-12-5-2-6-13-22/h3-4,7-11,14H,2,5-6,12-13,15H2,1H3,(H,21,23). The highest BCUT2D eigenvalue weighted by atomic mass is 16.5. The summed E-state index contributed by atoms with van der Waals surface area (Å²) in [4.78, 5) is 14.8. The van der Waals surface area contributed by atoms with Gasteiger partial charge in [-0.2, -0.15) is 0 Å². The fourth-order valence-electron chi connectivity index (χ4n) is 3.15. The summed E-state index contributed by atoms with van der Waals surface area (Å²) in [6, 6.07) is 15.7. The molecule has 0 atom stereocenters. The average molecular weight is 324 g/mol. The summed E-state index contributed by atoms with van der Waals surface area (Å²) in [6.07, 6.45) is 4.06. The summed E-state index contributed by atoms with van der Waals surface area (Å²) in [7, 11) is 1.63. The molecule has 1 aliphatic rings. The fourth-order valence-corrected chi connectivity index (χ4v) is 3.15. The summed E-state index contributed by atoms with van der Waals surface area (Å²) >= 11 is 0. The van der Waals surface area contributed by atoms with Crippen molar-refractivity contribution in [3.05, 3.63) is 54.1 Å². The summed E-state index contributed by atoms with van der Waals surface area (Å²) in [5, 5.41) is 3.07. The molecule has 0 radical (unpaired) electrons. The molecule has 2 aromatic carbocycles. The van der Waals surface area contributed by atoms with Crippen LogP contribution in [0, 0.1) is 0 Å². The molecule has 1 aliphatic heterocycles. The van der Waals surface area contributed by atoms with Crippen LogP contribution < -0.4 is 15.0 Å². The van der Waals surface area contributed by atoms with Crippen molar-refractivity contribution in [2.75, 3.05) is 30.4 Å². The third-order valence-electron chi connectivity index (χ3n) is 4.37. The van der Waals surface area contributed by atoms with Crippen molar-refractivity contribution < 1.29 is 9.53 Å². The Bertz CT molecular complexity index is 694. The first-order chi connectivity index (χ1) is 11.8. The van der Waals surface area contributed by atoms with E-state index in [-0.39, 0.29) is 5.91 Å². The number of benzene rings is 2. The molecule has 4 heteroatoms. The van der Waals surface area contributed by atoms with E-state index in [0.29, 0.717) is 6.42 Å². The number of carbonyl (C=O) groups is 1. The van der Waals surface area contributed by atoms with Gasteiger partial charge in [0, 0.05) is 13.1 Å². The number of anilines is 2. The van der Waals surface area contributed by atoms with Crippen LogP contribution >= 0.6 is 0 Å². The maximum Gasteiger partial charge on any atom is 0.228 e. The van der Waals surface area contributed by atoms with E-state index in [2.05, 4.69) is 16.3 Å². The van der Waals surface area contributed by atoms with E-state index >= 15 is 0 Å². The van der Waals surface area contributed by atoms with Gasteiger partial charge in [0.25, 0.3) is 0 Å². The van der Waals surface area contributed by atoms with Crippen LogP contribution in [0.2, 0.25) is 0 Å². The van der Waals surface area contributed by atoms with Gasteiger partial charge in [-0.25, -0.2) is 0 Å². The largest absolute Gasteiger partial charge is 0.497 e. The maximum atomic E-state index is 12.4. The lowest BCUT2D eigenvalue weighted by molar-refractivity contribution is -0.115. The highest BCUT2D eigenvalue weighted by Gasteiger charge is 2.15. The van der Waals surface area contributed by atoms with Crippen LogP contribution in [0.3, 0.4) is 0 Å². The second kappa shape index (κ2) is 7.86. The van der Waals surface area contributed by atoms with E-state index in [1.807, 2.05) is 42.5 Å². The molecule has 1 amide bonds. The summed E-state index contributed by atoms with van der Waals surface area (Å²) < 4.78 is 5.21. The number of para-hydroxylation sites is 2. The first-order valence-electron chi connectivity index (χ1n) is 8.53. The van der Waals surface area contributed by atoms with Crippen molar-refractivity contribution in [3.63, 3.8) is 0 Å². The molecule has 2 aromatic rings. The minimum atomic E-state index is -0.00675. The maximum absolute atomic E-state index is 12.4. The summed E-state index contributed by atoms with van der Waals surface area (Å²) in [5.41, 5.74) is 2.96. The molecule has 1 saturated heterocycles. The molecule has 4 nitrogen and oxygen atoms in total. The lowest BCUT2D eigenvalue weighted by Gasteiger charge is -2.30. The predicted molar refractivity (Wildman–Crippen MR) is 97.8 cm³/mol. The third-order valence-corrected chi connectivity index (χ3v) is 4.37. The topological polar surface area (TPSA) is 41.6 Å². The van der Waals surface area contributed by atoms with Gasteiger partial charge in [-0.3, -0.25) is 4.79 Å². The minimum Gasteiger partial charge on any atom is -0.497 e. The van der Waals surface area contributed by atoms with Crippen molar-refractivity contribution in [1.29, 1.82) is 0 Å². The van der Waals surface area contributed by atoms with Crippen LogP contribution in [0.1, 0.15) is 24.8 Å². The van der Waals surface area contributed by atoms with Gasteiger partial charge in [0.05, 0.1) is 24.9 Å². The Morgan fingerprint density at radius 3 is 2.67 bits per heavy atom. The molecule has 0 aromatic heterocycles. The van der Waals surface area contributed by atoms with Gasteiger partial charge in [0.15, 0.2) is 0 Å². The summed E-state index contributed by atoms with van der Waals surface area (Å²) in [5.74, 6) is 0.765. The number of methoxy groups -OCH3 is 1. The van der Waals surface area contributed by atoms with Gasteiger partial charge in [-0.15, -0.1) is 0 Å².